The van der Waals surface area contributed by atoms with Gasteiger partial charge in [-0.2, -0.15) is 0 Å². The minimum absolute atomic E-state index is 0.0155. The first-order valence-electron chi connectivity index (χ1n) is 14.3. The normalized spacial score (nSPS) is 25.2. The molecule has 3 aliphatic rings. The lowest BCUT2D eigenvalue weighted by molar-refractivity contribution is -0.154. The summed E-state index contributed by atoms with van der Waals surface area (Å²) in [5.74, 6) is -0.949. The van der Waals surface area contributed by atoms with Crippen molar-refractivity contribution in [3.05, 3.63) is 83.5 Å². The Morgan fingerprint density at radius 2 is 1.61 bits per heavy atom. The van der Waals surface area contributed by atoms with Crippen molar-refractivity contribution in [2.24, 2.45) is 0 Å². The van der Waals surface area contributed by atoms with Crippen LogP contribution < -0.4 is 5.32 Å². The van der Waals surface area contributed by atoms with Gasteiger partial charge >= 0.3 is 5.97 Å². The van der Waals surface area contributed by atoms with Gasteiger partial charge in [0.15, 0.2) is 0 Å². The number of carboxylic acids is 1. The highest BCUT2D eigenvalue weighted by molar-refractivity contribution is 5.83. The molecule has 0 unspecified atom stereocenters. The number of nitrogens with one attached hydrogen (secondary N) is 1. The highest BCUT2D eigenvalue weighted by atomic mass is 16.5. The van der Waals surface area contributed by atoms with Crippen LogP contribution in [0.4, 0.5) is 0 Å². The minimum atomic E-state index is -1.38. The van der Waals surface area contributed by atoms with Crippen molar-refractivity contribution < 1.29 is 14.6 Å². The molecule has 5 rings (SSSR count). The van der Waals surface area contributed by atoms with E-state index < -0.39 is 11.6 Å². The van der Waals surface area contributed by atoms with Crippen LogP contribution in [0, 0.1) is 0 Å². The molecule has 0 radical (unpaired) electrons. The van der Waals surface area contributed by atoms with Gasteiger partial charge in [-0.05, 0) is 95.9 Å². The molecule has 0 heterocycles. The topological polar surface area (TPSA) is 58.6 Å². The second-order valence-corrected chi connectivity index (χ2v) is 12.8. The van der Waals surface area contributed by atoms with Gasteiger partial charge in [0.05, 0.1) is 0 Å². The number of fused-ring (bicyclic) bond motifs is 1. The van der Waals surface area contributed by atoms with E-state index in [2.05, 4.69) is 75.5 Å². The molecule has 1 fully saturated rings. The predicted molar refractivity (Wildman–Crippen MR) is 155 cm³/mol. The maximum atomic E-state index is 12.2. The molecule has 202 valence electrons. The SMILES string of the molecule is CC1(C)CCC(C)(C)c2cc(-c3cccc(C4C=CC(OCCCCNC5CC5)(C(=O)O)C=C4)c3)ccc21. The van der Waals surface area contributed by atoms with Crippen LogP contribution in [-0.4, -0.2) is 35.9 Å². The van der Waals surface area contributed by atoms with Gasteiger partial charge in [0.2, 0.25) is 5.60 Å². The molecule has 38 heavy (non-hydrogen) atoms. The third-order valence-electron chi connectivity index (χ3n) is 8.82. The van der Waals surface area contributed by atoms with Crippen LogP contribution in [0.3, 0.4) is 0 Å². The third kappa shape index (κ3) is 5.67. The van der Waals surface area contributed by atoms with Crippen LogP contribution in [0.2, 0.25) is 0 Å². The second kappa shape index (κ2) is 10.5. The number of aliphatic carboxylic acids is 1. The summed E-state index contributed by atoms with van der Waals surface area (Å²) in [5, 5.41) is 13.4. The number of hydrogen-bond donors (Lipinski definition) is 2. The van der Waals surface area contributed by atoms with Crippen LogP contribution in [0.1, 0.15) is 88.8 Å². The van der Waals surface area contributed by atoms with E-state index in [4.69, 9.17) is 4.74 Å². The molecule has 0 amide bonds. The highest BCUT2D eigenvalue weighted by Crippen LogP contribution is 2.47. The molecule has 0 aliphatic heterocycles. The van der Waals surface area contributed by atoms with Gasteiger partial charge in [0.1, 0.15) is 0 Å². The second-order valence-electron chi connectivity index (χ2n) is 12.8. The Kier molecular flexibility index (Phi) is 7.41. The number of unbranched alkanes of at least 4 members (excludes halogenated alkanes) is 1. The van der Waals surface area contributed by atoms with Gasteiger partial charge in [-0.25, -0.2) is 4.79 Å². The molecule has 0 aromatic heterocycles. The molecule has 4 nitrogen and oxygen atoms in total. The smallest absolute Gasteiger partial charge is 0.344 e. The van der Waals surface area contributed by atoms with E-state index >= 15 is 0 Å². The fourth-order valence-electron chi connectivity index (χ4n) is 5.89. The highest BCUT2D eigenvalue weighted by Gasteiger charge is 2.38. The average Bonchev–Trinajstić information content (AvgIpc) is 3.73. The summed E-state index contributed by atoms with van der Waals surface area (Å²) in [5.41, 5.74) is 5.50. The molecule has 0 saturated heterocycles. The van der Waals surface area contributed by atoms with Gasteiger partial charge < -0.3 is 15.2 Å². The molecule has 0 atom stereocenters. The molecule has 2 N–H and O–H groups in total. The van der Waals surface area contributed by atoms with Gasteiger partial charge in [-0.1, -0.05) is 82.3 Å². The number of carboxylic acid groups (broad SMARTS) is 1. The van der Waals surface area contributed by atoms with E-state index in [9.17, 15) is 9.90 Å². The van der Waals surface area contributed by atoms with E-state index in [1.165, 1.54) is 47.9 Å². The third-order valence-corrected chi connectivity index (χ3v) is 8.82. The summed E-state index contributed by atoms with van der Waals surface area (Å²) < 4.78 is 5.92. The van der Waals surface area contributed by atoms with Crippen LogP contribution in [0.25, 0.3) is 11.1 Å². The summed E-state index contributed by atoms with van der Waals surface area (Å²) in [6.07, 6.45) is 14.2. The van der Waals surface area contributed by atoms with Crippen molar-refractivity contribution in [3.63, 3.8) is 0 Å². The molecule has 1 saturated carbocycles. The Labute approximate surface area is 228 Å². The standard InChI is InChI=1S/C34H43NO3/c1-32(2)18-19-33(3,4)30-23-27(10-13-29(30)32)26-9-7-8-25(22-26)24-14-16-34(17-15-24,31(36)37)38-21-6-5-20-35-28-11-12-28/h7-10,13-17,22-24,28,35H,5-6,11-12,18-21H2,1-4H3,(H,36,37). The minimum Gasteiger partial charge on any atom is -0.479 e. The zero-order chi connectivity index (χ0) is 27.0. The van der Waals surface area contributed by atoms with Gasteiger partial charge in [0.25, 0.3) is 0 Å². The molecule has 2 aromatic carbocycles. The Balaban J connectivity index is 1.29. The van der Waals surface area contributed by atoms with Gasteiger partial charge in [-0.15, -0.1) is 0 Å². The number of allylic oxidation sites excluding steroid dienone is 2. The van der Waals surface area contributed by atoms with Gasteiger partial charge in [0, 0.05) is 18.6 Å². The summed E-state index contributed by atoms with van der Waals surface area (Å²) in [6, 6.07) is 16.3. The number of hydrogen-bond acceptors (Lipinski definition) is 3. The van der Waals surface area contributed by atoms with Crippen molar-refractivity contribution in [2.45, 2.75) is 94.6 Å². The number of carbonyl (C=O) groups is 1. The van der Waals surface area contributed by atoms with Crippen molar-refractivity contribution in [1.29, 1.82) is 0 Å². The maximum Gasteiger partial charge on any atom is 0.344 e. The lowest BCUT2D eigenvalue weighted by Gasteiger charge is -2.42. The van der Waals surface area contributed by atoms with Crippen LogP contribution in [-0.2, 0) is 20.4 Å². The number of ether oxygens (including phenoxy) is 1. The first-order valence-corrected chi connectivity index (χ1v) is 14.3. The Bertz CT molecular complexity index is 1220. The van der Waals surface area contributed by atoms with Gasteiger partial charge in [-0.3, -0.25) is 0 Å². The van der Waals surface area contributed by atoms with E-state index in [0.717, 1.165) is 24.9 Å². The van der Waals surface area contributed by atoms with Crippen molar-refractivity contribution in [3.8, 4) is 11.1 Å². The summed E-state index contributed by atoms with van der Waals surface area (Å²) in [4.78, 5) is 12.2. The summed E-state index contributed by atoms with van der Waals surface area (Å²) in [6.45, 7) is 10.8. The quantitative estimate of drug-likeness (QED) is 0.259. The number of benzene rings is 2. The lowest BCUT2D eigenvalue weighted by atomic mass is 9.63. The van der Waals surface area contributed by atoms with Crippen molar-refractivity contribution in [2.75, 3.05) is 13.2 Å². The zero-order valence-corrected chi connectivity index (χ0v) is 23.4. The lowest BCUT2D eigenvalue weighted by Crippen LogP contribution is -2.39. The fourth-order valence-corrected chi connectivity index (χ4v) is 5.89. The maximum absolute atomic E-state index is 12.2. The molecule has 4 heteroatoms. The first kappa shape index (κ1) is 26.9. The van der Waals surface area contributed by atoms with E-state index in [-0.39, 0.29) is 16.7 Å². The van der Waals surface area contributed by atoms with Crippen LogP contribution in [0.5, 0.6) is 0 Å². The monoisotopic (exact) mass is 513 g/mol. The molecule has 2 aromatic rings. The Hall–Kier alpha value is -2.69. The molecular weight excluding hydrogens is 470 g/mol. The molecule has 3 aliphatic carbocycles. The summed E-state index contributed by atoms with van der Waals surface area (Å²) in [7, 11) is 0. The average molecular weight is 514 g/mol. The van der Waals surface area contributed by atoms with E-state index in [0.29, 0.717) is 12.6 Å². The number of rotatable bonds is 10. The molecule has 0 spiro atoms. The Morgan fingerprint density at radius 3 is 2.29 bits per heavy atom. The van der Waals surface area contributed by atoms with Crippen LogP contribution >= 0.6 is 0 Å². The zero-order valence-electron chi connectivity index (χ0n) is 23.4. The first-order chi connectivity index (χ1) is 18.1. The van der Waals surface area contributed by atoms with Crippen molar-refractivity contribution >= 4 is 5.97 Å². The Morgan fingerprint density at radius 1 is 0.921 bits per heavy atom. The predicted octanol–water partition coefficient (Wildman–Crippen LogP) is 7.28. The largest absolute Gasteiger partial charge is 0.479 e. The molecular formula is C34H43NO3. The molecule has 0 bridgehead atoms. The van der Waals surface area contributed by atoms with Crippen LogP contribution in [0.15, 0.2) is 66.8 Å². The summed E-state index contributed by atoms with van der Waals surface area (Å²) >= 11 is 0. The van der Waals surface area contributed by atoms with E-state index in [1.54, 1.807) is 12.2 Å². The fraction of sp³-hybridized carbons (Fsp3) is 0.500. The van der Waals surface area contributed by atoms with Crippen molar-refractivity contribution in [1.82, 2.24) is 5.32 Å². The van der Waals surface area contributed by atoms with E-state index in [1.807, 2.05) is 12.2 Å².